The van der Waals surface area contributed by atoms with Gasteiger partial charge in [-0.1, -0.05) is 19.4 Å². The van der Waals surface area contributed by atoms with Gasteiger partial charge in [-0.05, 0) is 98.2 Å². The number of carbonyl (C=O) groups excluding carboxylic acids is 1. The van der Waals surface area contributed by atoms with Crippen LogP contribution >= 0.6 is 0 Å². The molecule has 1 heterocycles. The second kappa shape index (κ2) is 7.54. The first kappa shape index (κ1) is 22.9. The molecular weight excluding hydrogens is 420 g/mol. The van der Waals surface area contributed by atoms with Crippen molar-refractivity contribution in [2.75, 3.05) is 0 Å². The first-order valence-electron chi connectivity index (χ1n) is 12.4. The third-order valence-electron chi connectivity index (χ3n) is 10.1. The molecule has 7 atom stereocenters. The quantitative estimate of drug-likeness (QED) is 0.572. The zero-order chi connectivity index (χ0) is 23.8. The Balaban J connectivity index is 1.57. The molecule has 33 heavy (non-hydrogen) atoms. The first-order valence-corrected chi connectivity index (χ1v) is 12.4. The van der Waals surface area contributed by atoms with E-state index in [-0.39, 0.29) is 30.1 Å². The molecule has 6 nitrogen and oxygen atoms in total. The summed E-state index contributed by atoms with van der Waals surface area (Å²) in [7, 11) is 0. The Bertz CT molecular complexity index is 1000. The molecular formula is C27H36O6. The van der Waals surface area contributed by atoms with Crippen molar-refractivity contribution in [3.05, 3.63) is 35.3 Å². The van der Waals surface area contributed by atoms with Gasteiger partial charge in [-0.15, -0.1) is 0 Å². The Morgan fingerprint density at radius 1 is 1.15 bits per heavy atom. The van der Waals surface area contributed by atoms with Gasteiger partial charge < -0.3 is 19.7 Å². The summed E-state index contributed by atoms with van der Waals surface area (Å²) in [6, 6.07) is 4.06. The van der Waals surface area contributed by atoms with Gasteiger partial charge in [0.2, 0.25) is 11.6 Å². The third-order valence-corrected chi connectivity index (χ3v) is 10.1. The monoisotopic (exact) mass is 456 g/mol. The zero-order valence-electron chi connectivity index (χ0n) is 19.8. The summed E-state index contributed by atoms with van der Waals surface area (Å²) in [6.07, 6.45) is 7.23. The van der Waals surface area contributed by atoms with Crippen LogP contribution in [0.2, 0.25) is 0 Å². The maximum Gasteiger partial charge on any atom is 0.303 e. The molecule has 5 rings (SSSR count). The smallest absolute Gasteiger partial charge is 0.303 e. The summed E-state index contributed by atoms with van der Waals surface area (Å²) in [4.78, 5) is 23.8. The number of fused-ring (bicyclic) bond motifs is 5. The van der Waals surface area contributed by atoms with Gasteiger partial charge in [0.1, 0.15) is 11.5 Å². The Hall–Kier alpha value is -1.92. The summed E-state index contributed by atoms with van der Waals surface area (Å²) in [5, 5.41) is 30.3. The van der Waals surface area contributed by atoms with Crippen molar-refractivity contribution >= 4 is 11.8 Å². The minimum Gasteiger partial charge on any atom is -0.481 e. The van der Waals surface area contributed by atoms with Crippen LogP contribution in [0.15, 0.2) is 28.2 Å². The molecule has 0 unspecified atom stereocenters. The summed E-state index contributed by atoms with van der Waals surface area (Å²) < 4.78 is 6.15. The number of aliphatic carboxylic acids is 1. The molecule has 0 bridgehead atoms. The Labute approximate surface area is 195 Å². The molecule has 4 aliphatic rings. The molecule has 1 aromatic heterocycles. The van der Waals surface area contributed by atoms with E-state index in [9.17, 15) is 24.9 Å². The lowest BCUT2D eigenvalue weighted by Crippen LogP contribution is -2.57. The van der Waals surface area contributed by atoms with E-state index in [0.717, 1.165) is 49.2 Å². The number of furan rings is 1. The number of carboxylic acids is 1. The average Bonchev–Trinajstić information content (AvgIpc) is 3.29. The number of carboxylic acid groups (broad SMARTS) is 1. The maximum atomic E-state index is 12.5. The number of allylic oxidation sites excluding steroid dienone is 1. The molecule has 0 saturated heterocycles. The molecule has 180 valence electrons. The van der Waals surface area contributed by atoms with Gasteiger partial charge in [0, 0.05) is 18.8 Å². The number of aryl methyl sites for hydroxylation is 1. The summed E-state index contributed by atoms with van der Waals surface area (Å²) in [5.41, 5.74) is 0.657. The van der Waals surface area contributed by atoms with Gasteiger partial charge in [-0.3, -0.25) is 9.59 Å². The van der Waals surface area contributed by atoms with Crippen LogP contribution in [0.1, 0.15) is 82.7 Å². The number of hydrogen-bond acceptors (Lipinski definition) is 5. The lowest BCUT2D eigenvalue weighted by molar-refractivity contribution is -0.200. The molecule has 3 saturated carbocycles. The highest BCUT2D eigenvalue weighted by molar-refractivity contribution is 5.97. The molecule has 0 spiro atoms. The lowest BCUT2D eigenvalue weighted by atomic mass is 9.44. The standard InChI is InChI=1S/C27H36O6/c1-15-4-8-21(33-15)18-12-17-13-22(28)27(31,32)14-26(17,3)20-10-11-25(2)16(6-9-23(29)30)5-7-19(25)24(18)20/h4,8,13,16,18-20,24,31-32H,5-7,9-12,14H2,1-3H3,(H,29,30)/t16-,18+,19+,20+,24+,25-,26+/m1/s1. The van der Waals surface area contributed by atoms with E-state index < -0.39 is 23.0 Å². The van der Waals surface area contributed by atoms with Gasteiger partial charge in [0.25, 0.3) is 0 Å². The first-order chi connectivity index (χ1) is 15.5. The molecule has 3 fully saturated rings. The average molecular weight is 457 g/mol. The fourth-order valence-corrected chi connectivity index (χ4v) is 8.51. The Morgan fingerprint density at radius 2 is 1.91 bits per heavy atom. The predicted octanol–water partition coefficient (Wildman–Crippen LogP) is 4.59. The molecule has 0 aliphatic heterocycles. The fraction of sp³-hybridized carbons (Fsp3) is 0.704. The number of aliphatic hydroxyl groups is 2. The van der Waals surface area contributed by atoms with E-state index >= 15 is 0 Å². The SMILES string of the molecule is Cc1ccc([C@@H]2CC3=CC(=O)C(O)(O)C[C@]3(C)[C@H]3CC[C@]4(C)[C@@H](CCC(=O)O)CC[C@H]4[C@H]23)o1. The van der Waals surface area contributed by atoms with Gasteiger partial charge in [0.05, 0.1) is 0 Å². The van der Waals surface area contributed by atoms with E-state index in [1.807, 2.05) is 13.0 Å². The third kappa shape index (κ3) is 3.44. The highest BCUT2D eigenvalue weighted by Crippen LogP contribution is 2.70. The molecule has 0 radical (unpaired) electrons. The minimum atomic E-state index is -2.31. The lowest BCUT2D eigenvalue weighted by Gasteiger charge is -2.61. The van der Waals surface area contributed by atoms with Crippen molar-refractivity contribution in [2.45, 2.75) is 83.8 Å². The van der Waals surface area contributed by atoms with Crippen molar-refractivity contribution < 1.29 is 29.3 Å². The van der Waals surface area contributed by atoms with Gasteiger partial charge >= 0.3 is 5.97 Å². The van der Waals surface area contributed by atoms with Crippen molar-refractivity contribution in [3.63, 3.8) is 0 Å². The van der Waals surface area contributed by atoms with Crippen LogP contribution in [-0.2, 0) is 9.59 Å². The van der Waals surface area contributed by atoms with Crippen molar-refractivity contribution in [2.24, 2.45) is 34.5 Å². The zero-order valence-corrected chi connectivity index (χ0v) is 19.8. The number of hydrogen-bond donors (Lipinski definition) is 3. The van der Waals surface area contributed by atoms with Crippen LogP contribution in [0, 0.1) is 41.4 Å². The highest BCUT2D eigenvalue weighted by Gasteiger charge is 2.63. The van der Waals surface area contributed by atoms with Gasteiger partial charge in [0.15, 0.2) is 0 Å². The molecule has 0 aromatic carbocycles. The van der Waals surface area contributed by atoms with Crippen LogP contribution < -0.4 is 0 Å². The van der Waals surface area contributed by atoms with Crippen molar-refractivity contribution in [1.82, 2.24) is 0 Å². The van der Waals surface area contributed by atoms with Gasteiger partial charge in [-0.2, -0.15) is 0 Å². The number of carbonyl (C=O) groups is 2. The summed E-state index contributed by atoms with van der Waals surface area (Å²) in [6.45, 7) is 6.43. The molecule has 1 aromatic rings. The van der Waals surface area contributed by atoms with E-state index in [2.05, 4.69) is 19.9 Å². The molecule has 4 aliphatic carbocycles. The molecule has 6 heteroatoms. The molecule has 0 amide bonds. The van der Waals surface area contributed by atoms with Crippen LogP contribution in [0.5, 0.6) is 0 Å². The Morgan fingerprint density at radius 3 is 2.58 bits per heavy atom. The predicted molar refractivity (Wildman–Crippen MR) is 121 cm³/mol. The topological polar surface area (TPSA) is 108 Å². The van der Waals surface area contributed by atoms with Gasteiger partial charge in [-0.25, -0.2) is 0 Å². The van der Waals surface area contributed by atoms with Crippen LogP contribution in [0.25, 0.3) is 0 Å². The van der Waals surface area contributed by atoms with Crippen LogP contribution in [-0.4, -0.2) is 32.9 Å². The maximum absolute atomic E-state index is 12.5. The van der Waals surface area contributed by atoms with E-state index in [4.69, 9.17) is 4.42 Å². The van der Waals surface area contributed by atoms with E-state index in [1.54, 1.807) is 0 Å². The summed E-state index contributed by atoms with van der Waals surface area (Å²) >= 11 is 0. The second-order valence-corrected chi connectivity index (χ2v) is 11.7. The molecule has 3 N–H and O–H groups in total. The highest BCUT2D eigenvalue weighted by atomic mass is 16.5. The van der Waals surface area contributed by atoms with Crippen LogP contribution in [0.4, 0.5) is 0 Å². The summed E-state index contributed by atoms with van der Waals surface area (Å²) in [5.74, 6) is -0.336. The van der Waals surface area contributed by atoms with Crippen molar-refractivity contribution in [3.8, 4) is 0 Å². The number of ketones is 1. The minimum absolute atomic E-state index is 0.0433. The fourth-order valence-electron chi connectivity index (χ4n) is 8.51. The van der Waals surface area contributed by atoms with E-state index in [0.29, 0.717) is 24.2 Å². The largest absolute Gasteiger partial charge is 0.481 e. The normalized spacial score (nSPS) is 41.7. The Kier molecular flexibility index (Phi) is 5.22. The van der Waals surface area contributed by atoms with Crippen molar-refractivity contribution in [1.29, 1.82) is 0 Å². The second-order valence-electron chi connectivity index (χ2n) is 11.7. The van der Waals surface area contributed by atoms with Crippen LogP contribution in [0.3, 0.4) is 0 Å². The number of rotatable bonds is 4. The van der Waals surface area contributed by atoms with E-state index in [1.165, 1.54) is 6.08 Å².